The molecule has 1 aromatic carbocycles. The van der Waals surface area contributed by atoms with Gasteiger partial charge in [0, 0.05) is 24.7 Å². The van der Waals surface area contributed by atoms with E-state index in [9.17, 15) is 4.79 Å². The van der Waals surface area contributed by atoms with Crippen molar-refractivity contribution in [2.75, 3.05) is 11.4 Å². The Morgan fingerprint density at radius 2 is 2.11 bits per heavy atom. The van der Waals surface area contributed by atoms with Crippen LogP contribution in [0.5, 0.6) is 0 Å². The van der Waals surface area contributed by atoms with Gasteiger partial charge in [0.25, 0.3) is 0 Å². The summed E-state index contributed by atoms with van der Waals surface area (Å²) < 4.78 is 0. The number of amides is 1. The molecule has 0 saturated heterocycles. The number of anilines is 1. The second-order valence-electron chi connectivity index (χ2n) is 4.54. The molecule has 1 aromatic rings. The molecule has 1 atom stereocenters. The maximum atomic E-state index is 12.3. The van der Waals surface area contributed by atoms with Gasteiger partial charge < -0.3 is 10.6 Å². The van der Waals surface area contributed by atoms with Crippen molar-refractivity contribution < 1.29 is 4.79 Å². The zero-order chi connectivity index (χ0) is 14.1. The van der Waals surface area contributed by atoms with Crippen LogP contribution in [0.4, 0.5) is 5.69 Å². The summed E-state index contributed by atoms with van der Waals surface area (Å²) >= 11 is 0. The molecule has 0 saturated carbocycles. The van der Waals surface area contributed by atoms with Gasteiger partial charge in [-0.15, -0.1) is 0 Å². The molecular weight excluding hydrogens is 238 g/mol. The first-order valence-electron chi connectivity index (χ1n) is 6.67. The fourth-order valence-electron chi connectivity index (χ4n) is 1.97. The van der Waals surface area contributed by atoms with Crippen molar-refractivity contribution in [1.82, 2.24) is 0 Å². The largest absolute Gasteiger partial charge is 0.327 e. The minimum Gasteiger partial charge on any atom is -0.327 e. The van der Waals surface area contributed by atoms with Gasteiger partial charge in [0.05, 0.1) is 12.5 Å². The molecule has 102 valence electrons. The van der Waals surface area contributed by atoms with Crippen LogP contribution in [0.2, 0.25) is 0 Å². The van der Waals surface area contributed by atoms with Crippen LogP contribution < -0.4 is 10.6 Å². The minimum absolute atomic E-state index is 0.0117. The molecule has 0 fully saturated rings. The number of carbonyl (C=O) groups is 1. The van der Waals surface area contributed by atoms with Gasteiger partial charge in [-0.2, -0.15) is 5.26 Å². The highest BCUT2D eigenvalue weighted by molar-refractivity contribution is 5.93. The van der Waals surface area contributed by atoms with Crippen molar-refractivity contribution in [2.24, 2.45) is 5.73 Å². The highest BCUT2D eigenvalue weighted by atomic mass is 16.2. The Balaban J connectivity index is 2.74. The maximum Gasteiger partial charge on any atom is 0.228 e. The number of hydrogen-bond acceptors (Lipinski definition) is 3. The van der Waals surface area contributed by atoms with Crippen molar-refractivity contribution >= 4 is 11.6 Å². The van der Waals surface area contributed by atoms with Crippen LogP contribution in [0.3, 0.4) is 0 Å². The van der Waals surface area contributed by atoms with Crippen LogP contribution in [0.15, 0.2) is 30.3 Å². The third kappa shape index (κ3) is 5.11. The van der Waals surface area contributed by atoms with E-state index < -0.39 is 0 Å². The van der Waals surface area contributed by atoms with Crippen molar-refractivity contribution in [3.05, 3.63) is 30.3 Å². The van der Waals surface area contributed by atoms with Crippen LogP contribution in [0.25, 0.3) is 0 Å². The molecule has 0 aliphatic carbocycles. The number of nitrogens with two attached hydrogens (primary N) is 1. The predicted molar refractivity (Wildman–Crippen MR) is 76.5 cm³/mol. The fourth-order valence-corrected chi connectivity index (χ4v) is 1.97. The lowest BCUT2D eigenvalue weighted by atomic mass is 10.1. The Hall–Kier alpha value is -1.86. The molecule has 2 N–H and O–H groups in total. The highest BCUT2D eigenvalue weighted by Gasteiger charge is 2.17. The summed E-state index contributed by atoms with van der Waals surface area (Å²) in [6.07, 6.45) is 2.46. The van der Waals surface area contributed by atoms with Crippen LogP contribution in [-0.4, -0.2) is 18.5 Å². The first-order chi connectivity index (χ1) is 9.19. The van der Waals surface area contributed by atoms with E-state index in [1.807, 2.05) is 30.3 Å². The standard InChI is InChI=1S/C15H21N3O/c1-2-7-13(17)12-15(19)18(11-6-10-16)14-8-4-3-5-9-14/h3-5,8-9,13H,2,6-7,11-12,17H2,1H3. The van der Waals surface area contributed by atoms with Crippen molar-refractivity contribution in [3.63, 3.8) is 0 Å². The molecule has 0 aromatic heterocycles. The molecule has 19 heavy (non-hydrogen) atoms. The summed E-state index contributed by atoms with van der Waals surface area (Å²) in [5.41, 5.74) is 6.74. The molecule has 0 heterocycles. The third-order valence-corrected chi connectivity index (χ3v) is 2.91. The van der Waals surface area contributed by atoms with Crippen LogP contribution in [0, 0.1) is 11.3 Å². The number of nitrogens with zero attached hydrogens (tertiary/aromatic N) is 2. The van der Waals surface area contributed by atoms with E-state index in [1.165, 1.54) is 0 Å². The Morgan fingerprint density at radius 1 is 1.42 bits per heavy atom. The first-order valence-corrected chi connectivity index (χ1v) is 6.67. The van der Waals surface area contributed by atoms with Gasteiger partial charge in [0.1, 0.15) is 0 Å². The predicted octanol–water partition coefficient (Wildman–Crippen LogP) is 2.45. The van der Waals surface area contributed by atoms with E-state index in [1.54, 1.807) is 4.90 Å². The smallest absolute Gasteiger partial charge is 0.228 e. The number of nitriles is 1. The van der Waals surface area contributed by atoms with E-state index >= 15 is 0 Å². The average molecular weight is 259 g/mol. The summed E-state index contributed by atoms with van der Waals surface area (Å²) in [4.78, 5) is 13.9. The molecule has 1 unspecified atom stereocenters. The van der Waals surface area contributed by atoms with Gasteiger partial charge in [-0.1, -0.05) is 31.5 Å². The summed E-state index contributed by atoms with van der Waals surface area (Å²) in [6, 6.07) is 11.4. The van der Waals surface area contributed by atoms with Crippen molar-refractivity contribution in [3.8, 4) is 6.07 Å². The fraction of sp³-hybridized carbons (Fsp3) is 0.467. The normalized spacial score (nSPS) is 11.6. The molecule has 0 radical (unpaired) electrons. The van der Waals surface area contributed by atoms with Gasteiger partial charge in [0.2, 0.25) is 5.91 Å². The van der Waals surface area contributed by atoms with Gasteiger partial charge in [-0.25, -0.2) is 0 Å². The summed E-state index contributed by atoms with van der Waals surface area (Å²) in [5.74, 6) is -0.0117. The van der Waals surface area contributed by atoms with Crippen molar-refractivity contribution in [1.29, 1.82) is 5.26 Å². The van der Waals surface area contributed by atoms with Crippen LogP contribution in [0.1, 0.15) is 32.6 Å². The van der Waals surface area contributed by atoms with Gasteiger partial charge in [0.15, 0.2) is 0 Å². The molecule has 4 heteroatoms. The number of carbonyl (C=O) groups excluding carboxylic acids is 1. The second-order valence-corrected chi connectivity index (χ2v) is 4.54. The maximum absolute atomic E-state index is 12.3. The molecule has 1 rings (SSSR count). The SMILES string of the molecule is CCCC(N)CC(=O)N(CCC#N)c1ccccc1. The monoisotopic (exact) mass is 259 g/mol. The van der Waals surface area contributed by atoms with Gasteiger partial charge >= 0.3 is 0 Å². The lowest BCUT2D eigenvalue weighted by molar-refractivity contribution is -0.118. The highest BCUT2D eigenvalue weighted by Crippen LogP contribution is 2.16. The Kier molecular flexibility index (Phi) is 6.62. The van der Waals surface area contributed by atoms with Crippen molar-refractivity contribution in [2.45, 2.75) is 38.6 Å². The molecular formula is C15H21N3O. The van der Waals surface area contributed by atoms with Gasteiger partial charge in [-0.05, 0) is 18.6 Å². The quantitative estimate of drug-likeness (QED) is 0.817. The third-order valence-electron chi connectivity index (χ3n) is 2.91. The number of para-hydroxylation sites is 1. The number of hydrogen-bond donors (Lipinski definition) is 1. The van der Waals surface area contributed by atoms with Crippen LogP contribution >= 0.6 is 0 Å². The lowest BCUT2D eigenvalue weighted by Gasteiger charge is -2.23. The Morgan fingerprint density at radius 3 is 2.68 bits per heavy atom. The average Bonchev–Trinajstić information content (AvgIpc) is 2.40. The molecule has 0 bridgehead atoms. The van der Waals surface area contributed by atoms with E-state index in [-0.39, 0.29) is 11.9 Å². The molecule has 0 spiro atoms. The summed E-state index contributed by atoms with van der Waals surface area (Å²) in [7, 11) is 0. The van der Waals surface area contributed by atoms with E-state index in [0.29, 0.717) is 19.4 Å². The van der Waals surface area contributed by atoms with E-state index in [0.717, 1.165) is 18.5 Å². The Bertz CT molecular complexity index is 425. The van der Waals surface area contributed by atoms with Crippen LogP contribution in [-0.2, 0) is 4.79 Å². The Labute approximate surface area is 114 Å². The topological polar surface area (TPSA) is 70.1 Å². The molecule has 0 aliphatic rings. The zero-order valence-electron chi connectivity index (χ0n) is 11.4. The summed E-state index contributed by atoms with van der Waals surface area (Å²) in [5, 5.41) is 8.70. The summed E-state index contributed by atoms with van der Waals surface area (Å²) in [6.45, 7) is 2.47. The number of rotatable bonds is 7. The zero-order valence-corrected chi connectivity index (χ0v) is 11.4. The number of benzene rings is 1. The lowest BCUT2D eigenvalue weighted by Crippen LogP contribution is -2.36. The first kappa shape index (κ1) is 15.2. The van der Waals surface area contributed by atoms with E-state index in [4.69, 9.17) is 11.0 Å². The second kappa shape index (κ2) is 8.28. The molecule has 4 nitrogen and oxygen atoms in total. The molecule has 0 aliphatic heterocycles. The van der Waals surface area contributed by atoms with E-state index in [2.05, 4.69) is 13.0 Å². The minimum atomic E-state index is -0.106. The molecule has 1 amide bonds. The van der Waals surface area contributed by atoms with Gasteiger partial charge in [-0.3, -0.25) is 4.79 Å².